The second-order valence-corrected chi connectivity index (χ2v) is 8.28. The summed E-state index contributed by atoms with van der Waals surface area (Å²) in [4.78, 5) is 2.35. The fraction of sp³-hybridized carbons (Fsp3) is 0.625. The van der Waals surface area contributed by atoms with E-state index in [9.17, 15) is 8.42 Å². The van der Waals surface area contributed by atoms with Gasteiger partial charge in [-0.05, 0) is 49.6 Å². The minimum atomic E-state index is -3.10. The van der Waals surface area contributed by atoms with Crippen LogP contribution in [0.4, 0.5) is 0 Å². The molecule has 0 bridgehead atoms. The third-order valence-electron chi connectivity index (χ3n) is 4.42. The summed E-state index contributed by atoms with van der Waals surface area (Å²) in [5.74, 6) is 1.08. The number of sulfonamides is 1. The zero-order valence-corrected chi connectivity index (χ0v) is 14.7. The van der Waals surface area contributed by atoms with Gasteiger partial charge in [0.15, 0.2) is 0 Å². The zero-order valence-electron chi connectivity index (χ0n) is 13.9. The molecule has 0 fully saturated rings. The molecule has 0 unspecified atom stereocenters. The van der Waals surface area contributed by atoms with E-state index in [0.717, 1.165) is 25.3 Å². The van der Waals surface area contributed by atoms with E-state index in [2.05, 4.69) is 24.0 Å². The number of benzene rings is 1. The molecule has 1 aromatic carbocycles. The van der Waals surface area contributed by atoms with Crippen molar-refractivity contribution in [2.45, 2.75) is 25.8 Å². The smallest absolute Gasteiger partial charge is 0.213 e. The molecule has 0 aliphatic carbocycles. The Kier molecular flexibility index (Phi) is 5.47. The lowest BCUT2D eigenvalue weighted by atomic mass is 9.93. The van der Waals surface area contributed by atoms with E-state index >= 15 is 0 Å². The number of hydrogen-bond acceptors (Lipinski definition) is 4. The summed E-state index contributed by atoms with van der Waals surface area (Å²) < 4.78 is 30.3. The lowest BCUT2D eigenvalue weighted by Crippen LogP contribution is -2.36. The van der Waals surface area contributed by atoms with Crippen LogP contribution in [-0.2, 0) is 16.4 Å². The number of rotatable bonds is 6. The number of hydrogen-bond donors (Lipinski definition) is 0. The Morgan fingerprint density at radius 2 is 2.09 bits per heavy atom. The molecular formula is C16H26N2O3S. The van der Waals surface area contributed by atoms with Crippen molar-refractivity contribution in [3.8, 4) is 5.75 Å². The Bertz CT molecular complexity index is 614. The van der Waals surface area contributed by atoms with Crippen molar-refractivity contribution in [3.63, 3.8) is 0 Å². The number of fused-ring (bicyclic) bond motifs is 1. The predicted octanol–water partition coefficient (Wildman–Crippen LogP) is 1.90. The number of ether oxygens (including phenoxy) is 1. The Labute approximate surface area is 133 Å². The van der Waals surface area contributed by atoms with E-state index < -0.39 is 10.0 Å². The first-order valence-corrected chi connectivity index (χ1v) is 9.27. The van der Waals surface area contributed by atoms with E-state index in [0.29, 0.717) is 12.5 Å². The van der Waals surface area contributed by atoms with Crippen molar-refractivity contribution in [2.24, 2.45) is 0 Å². The lowest BCUT2D eigenvalue weighted by molar-refractivity contribution is 0.198. The van der Waals surface area contributed by atoms with Gasteiger partial charge in [-0.25, -0.2) is 12.7 Å². The maximum atomic E-state index is 11.8. The van der Waals surface area contributed by atoms with Crippen LogP contribution in [0.5, 0.6) is 5.75 Å². The van der Waals surface area contributed by atoms with Crippen LogP contribution in [0.25, 0.3) is 0 Å². The molecule has 2 rings (SSSR count). The van der Waals surface area contributed by atoms with E-state index in [1.54, 1.807) is 21.2 Å². The Morgan fingerprint density at radius 3 is 2.73 bits per heavy atom. The molecule has 5 nitrogen and oxygen atoms in total. The molecule has 0 amide bonds. The van der Waals surface area contributed by atoms with Crippen molar-refractivity contribution >= 4 is 10.0 Å². The first kappa shape index (κ1) is 17.2. The molecule has 1 heterocycles. The van der Waals surface area contributed by atoms with E-state index in [4.69, 9.17) is 4.74 Å². The second-order valence-electron chi connectivity index (χ2n) is 5.98. The molecule has 1 atom stereocenters. The van der Waals surface area contributed by atoms with E-state index in [1.165, 1.54) is 15.4 Å². The van der Waals surface area contributed by atoms with Gasteiger partial charge in [0.1, 0.15) is 5.75 Å². The molecule has 0 saturated carbocycles. The highest BCUT2D eigenvalue weighted by Gasteiger charge is 2.24. The van der Waals surface area contributed by atoms with Gasteiger partial charge < -0.3 is 4.74 Å². The molecule has 0 saturated heterocycles. The highest BCUT2D eigenvalue weighted by molar-refractivity contribution is 7.89. The van der Waals surface area contributed by atoms with Crippen molar-refractivity contribution < 1.29 is 13.2 Å². The summed E-state index contributed by atoms with van der Waals surface area (Å²) in [6.07, 6.45) is 1.66. The van der Waals surface area contributed by atoms with Crippen LogP contribution in [-0.4, -0.2) is 57.7 Å². The van der Waals surface area contributed by atoms with Gasteiger partial charge in [0.2, 0.25) is 10.0 Å². The second kappa shape index (κ2) is 6.98. The zero-order chi connectivity index (χ0) is 16.3. The lowest BCUT2D eigenvalue weighted by Gasteiger charge is -2.35. The Morgan fingerprint density at radius 1 is 1.36 bits per heavy atom. The molecule has 0 N–H and O–H groups in total. The summed E-state index contributed by atoms with van der Waals surface area (Å²) in [7, 11) is 1.75. The van der Waals surface area contributed by atoms with Crippen molar-refractivity contribution in [3.05, 3.63) is 29.3 Å². The van der Waals surface area contributed by atoms with Gasteiger partial charge >= 0.3 is 0 Å². The number of methoxy groups -OCH3 is 1. The molecule has 1 aliphatic rings. The summed E-state index contributed by atoms with van der Waals surface area (Å²) in [5.41, 5.74) is 2.66. The monoisotopic (exact) mass is 326 g/mol. The summed E-state index contributed by atoms with van der Waals surface area (Å²) in [6, 6.07) is 6.53. The standard InChI is InChI=1S/C16H26N2O3S/c1-13-16-12-15(21-4)7-6-14(16)8-10-18(13)9-5-11-22(19,20)17(2)3/h6-7,12-13H,5,8-11H2,1-4H3/t13-/m1/s1. The number of nitrogens with zero attached hydrogens (tertiary/aromatic N) is 2. The Balaban J connectivity index is 2.00. The third kappa shape index (κ3) is 3.80. The van der Waals surface area contributed by atoms with Gasteiger partial charge in [-0.1, -0.05) is 6.07 Å². The highest BCUT2D eigenvalue weighted by atomic mass is 32.2. The average Bonchev–Trinajstić information content (AvgIpc) is 2.49. The van der Waals surface area contributed by atoms with Crippen molar-refractivity contribution in [2.75, 3.05) is 40.0 Å². The molecule has 124 valence electrons. The van der Waals surface area contributed by atoms with Crippen molar-refractivity contribution in [1.29, 1.82) is 0 Å². The highest BCUT2D eigenvalue weighted by Crippen LogP contribution is 2.32. The quantitative estimate of drug-likeness (QED) is 0.801. The molecule has 1 aliphatic heterocycles. The first-order valence-electron chi connectivity index (χ1n) is 7.66. The fourth-order valence-electron chi connectivity index (χ4n) is 2.91. The fourth-order valence-corrected chi connectivity index (χ4v) is 3.77. The van der Waals surface area contributed by atoms with Crippen LogP contribution < -0.4 is 4.74 Å². The van der Waals surface area contributed by atoms with Crippen molar-refractivity contribution in [1.82, 2.24) is 9.21 Å². The molecule has 0 aromatic heterocycles. The predicted molar refractivity (Wildman–Crippen MR) is 88.8 cm³/mol. The summed E-state index contributed by atoms with van der Waals surface area (Å²) in [6.45, 7) is 3.95. The molecular weight excluding hydrogens is 300 g/mol. The summed E-state index contributed by atoms with van der Waals surface area (Å²) >= 11 is 0. The topological polar surface area (TPSA) is 49.9 Å². The maximum absolute atomic E-state index is 11.8. The Hall–Kier alpha value is -1.11. The molecule has 0 radical (unpaired) electrons. The van der Waals surface area contributed by atoms with E-state index in [1.807, 2.05) is 6.07 Å². The van der Waals surface area contributed by atoms with Gasteiger partial charge in [0.05, 0.1) is 12.9 Å². The van der Waals surface area contributed by atoms with Gasteiger partial charge in [-0.3, -0.25) is 4.90 Å². The SMILES string of the molecule is COc1ccc2c(c1)[C@@H](C)N(CCCS(=O)(=O)N(C)C)CC2. The van der Waals surface area contributed by atoms with Crippen LogP contribution in [0, 0.1) is 0 Å². The van der Waals surface area contributed by atoms with Gasteiger partial charge in [-0.15, -0.1) is 0 Å². The third-order valence-corrected chi connectivity index (χ3v) is 6.34. The average molecular weight is 326 g/mol. The van der Waals surface area contributed by atoms with Gasteiger partial charge in [0, 0.05) is 26.7 Å². The van der Waals surface area contributed by atoms with Crippen LogP contribution in [0.3, 0.4) is 0 Å². The summed E-state index contributed by atoms with van der Waals surface area (Å²) in [5, 5.41) is 0. The van der Waals surface area contributed by atoms with E-state index in [-0.39, 0.29) is 5.75 Å². The normalized spacial score (nSPS) is 19.2. The van der Waals surface area contributed by atoms with Crippen LogP contribution >= 0.6 is 0 Å². The van der Waals surface area contributed by atoms with Crippen LogP contribution in [0.15, 0.2) is 18.2 Å². The largest absolute Gasteiger partial charge is 0.497 e. The molecule has 0 spiro atoms. The molecule has 22 heavy (non-hydrogen) atoms. The van der Waals surface area contributed by atoms with Crippen LogP contribution in [0.1, 0.15) is 30.5 Å². The minimum Gasteiger partial charge on any atom is -0.497 e. The molecule has 1 aromatic rings. The molecule has 6 heteroatoms. The first-order chi connectivity index (χ1) is 10.3. The minimum absolute atomic E-state index is 0.203. The maximum Gasteiger partial charge on any atom is 0.213 e. The van der Waals surface area contributed by atoms with Gasteiger partial charge in [-0.2, -0.15) is 0 Å². The van der Waals surface area contributed by atoms with Gasteiger partial charge in [0.25, 0.3) is 0 Å². The van der Waals surface area contributed by atoms with Crippen LogP contribution in [0.2, 0.25) is 0 Å².